The van der Waals surface area contributed by atoms with Crippen molar-refractivity contribution in [2.75, 3.05) is 25.0 Å². The molecule has 0 spiro atoms. The molecule has 6 heteroatoms. The zero-order chi connectivity index (χ0) is 16.4. The highest BCUT2D eigenvalue weighted by molar-refractivity contribution is 9.09. The van der Waals surface area contributed by atoms with Crippen LogP contribution in [0.15, 0.2) is 0 Å². The van der Waals surface area contributed by atoms with Gasteiger partial charge in [-0.25, -0.2) is 4.79 Å². The van der Waals surface area contributed by atoms with E-state index in [4.69, 9.17) is 14.3 Å². The fourth-order valence-corrected chi connectivity index (χ4v) is 2.66. The average Bonchev–Trinajstić information content (AvgIpc) is 2.42. The summed E-state index contributed by atoms with van der Waals surface area (Å²) in [5.74, 6) is 0. The average molecular weight is 380 g/mol. The standard InChI is InChI=1S/C16H30BrNO4/c1-16(2,3)21-15(19)22-18-11-8-14(9-12-18)20-13-7-5-4-6-10-17/h14H,4-13H2,1-3H3. The fraction of sp³-hybridized carbons (Fsp3) is 0.938. The van der Waals surface area contributed by atoms with Gasteiger partial charge in [0.15, 0.2) is 0 Å². The Hall–Kier alpha value is -0.330. The number of hydroxylamine groups is 2. The lowest BCUT2D eigenvalue weighted by Gasteiger charge is -2.31. The fourth-order valence-electron chi connectivity index (χ4n) is 2.26. The van der Waals surface area contributed by atoms with Crippen LogP contribution < -0.4 is 0 Å². The summed E-state index contributed by atoms with van der Waals surface area (Å²) >= 11 is 3.44. The minimum atomic E-state index is -0.626. The van der Waals surface area contributed by atoms with Gasteiger partial charge in [-0.1, -0.05) is 28.8 Å². The first-order valence-electron chi connectivity index (χ1n) is 8.24. The first-order valence-corrected chi connectivity index (χ1v) is 9.36. The van der Waals surface area contributed by atoms with E-state index in [2.05, 4.69) is 15.9 Å². The molecule has 0 aromatic rings. The summed E-state index contributed by atoms with van der Waals surface area (Å²) in [6, 6.07) is 0. The largest absolute Gasteiger partial charge is 0.528 e. The molecule has 0 aromatic heterocycles. The molecular weight excluding hydrogens is 350 g/mol. The van der Waals surface area contributed by atoms with Gasteiger partial charge in [0, 0.05) is 25.0 Å². The second-order valence-corrected chi connectivity index (χ2v) is 7.45. The summed E-state index contributed by atoms with van der Waals surface area (Å²) in [4.78, 5) is 16.8. The van der Waals surface area contributed by atoms with Gasteiger partial charge in [-0.3, -0.25) is 0 Å². The van der Waals surface area contributed by atoms with Gasteiger partial charge in [0.1, 0.15) is 5.60 Å². The third-order valence-corrected chi connectivity index (χ3v) is 3.94. The lowest BCUT2D eigenvalue weighted by molar-refractivity contribution is -0.164. The number of halogens is 1. The van der Waals surface area contributed by atoms with E-state index in [9.17, 15) is 4.79 Å². The Labute approximate surface area is 142 Å². The number of ether oxygens (including phenoxy) is 2. The highest BCUT2D eigenvalue weighted by Gasteiger charge is 2.25. The second kappa shape index (κ2) is 10.4. The van der Waals surface area contributed by atoms with Crippen molar-refractivity contribution in [1.82, 2.24) is 5.06 Å². The Morgan fingerprint density at radius 1 is 1.14 bits per heavy atom. The maximum Gasteiger partial charge on any atom is 0.528 e. The molecule has 1 heterocycles. The highest BCUT2D eigenvalue weighted by atomic mass is 79.9. The first-order chi connectivity index (χ1) is 10.4. The number of rotatable bonds is 8. The topological polar surface area (TPSA) is 48.0 Å². The number of alkyl halides is 1. The number of nitrogens with zero attached hydrogens (tertiary/aromatic N) is 1. The molecule has 1 aliphatic heterocycles. The molecule has 0 bridgehead atoms. The van der Waals surface area contributed by atoms with Crippen molar-refractivity contribution in [2.45, 2.75) is 71.0 Å². The van der Waals surface area contributed by atoms with Crippen molar-refractivity contribution in [3.8, 4) is 0 Å². The zero-order valence-corrected chi connectivity index (χ0v) is 15.7. The van der Waals surface area contributed by atoms with Gasteiger partial charge < -0.3 is 14.3 Å². The van der Waals surface area contributed by atoms with Crippen LogP contribution in [0, 0.1) is 0 Å². The number of carbonyl (C=O) groups excluding carboxylic acids is 1. The summed E-state index contributed by atoms with van der Waals surface area (Å²) in [7, 11) is 0. The van der Waals surface area contributed by atoms with Gasteiger partial charge in [-0.05, 0) is 46.5 Å². The van der Waals surface area contributed by atoms with Crippen LogP contribution >= 0.6 is 15.9 Å². The van der Waals surface area contributed by atoms with E-state index in [-0.39, 0.29) is 6.10 Å². The molecule has 0 amide bonds. The van der Waals surface area contributed by atoms with Crippen molar-refractivity contribution in [1.29, 1.82) is 0 Å². The molecule has 0 unspecified atom stereocenters. The monoisotopic (exact) mass is 379 g/mol. The number of carbonyl (C=O) groups is 1. The molecule has 0 N–H and O–H groups in total. The van der Waals surface area contributed by atoms with E-state index in [1.165, 1.54) is 19.3 Å². The highest BCUT2D eigenvalue weighted by Crippen LogP contribution is 2.16. The van der Waals surface area contributed by atoms with Crippen molar-refractivity contribution in [3.63, 3.8) is 0 Å². The molecule has 1 rings (SSSR count). The molecule has 0 radical (unpaired) electrons. The Bertz CT molecular complexity index is 312. The van der Waals surface area contributed by atoms with Crippen molar-refractivity contribution in [2.24, 2.45) is 0 Å². The number of unbranched alkanes of at least 4 members (excludes halogenated alkanes) is 3. The van der Waals surface area contributed by atoms with Gasteiger partial charge in [0.2, 0.25) is 0 Å². The van der Waals surface area contributed by atoms with E-state index in [1.54, 1.807) is 5.06 Å². The van der Waals surface area contributed by atoms with Gasteiger partial charge in [-0.2, -0.15) is 0 Å². The molecule has 0 saturated carbocycles. The second-order valence-electron chi connectivity index (χ2n) is 6.66. The molecule has 1 fully saturated rings. The number of hydrogen-bond acceptors (Lipinski definition) is 5. The van der Waals surface area contributed by atoms with Crippen molar-refractivity contribution >= 4 is 22.1 Å². The molecule has 1 saturated heterocycles. The predicted octanol–water partition coefficient (Wildman–Crippen LogP) is 4.29. The van der Waals surface area contributed by atoms with E-state index < -0.39 is 11.8 Å². The Morgan fingerprint density at radius 3 is 2.36 bits per heavy atom. The zero-order valence-electron chi connectivity index (χ0n) is 14.1. The molecule has 0 aromatic carbocycles. The maximum absolute atomic E-state index is 11.6. The predicted molar refractivity (Wildman–Crippen MR) is 90.1 cm³/mol. The lowest BCUT2D eigenvalue weighted by Crippen LogP contribution is -2.39. The van der Waals surface area contributed by atoms with E-state index in [0.717, 1.165) is 31.2 Å². The van der Waals surface area contributed by atoms with Crippen LogP contribution in [0.1, 0.15) is 59.3 Å². The molecular formula is C16H30BrNO4. The molecule has 0 atom stereocenters. The SMILES string of the molecule is CC(C)(C)OC(=O)ON1CCC(OCCCCCCBr)CC1. The first kappa shape index (κ1) is 19.7. The smallest absolute Gasteiger partial charge is 0.427 e. The number of hydrogen-bond donors (Lipinski definition) is 0. The van der Waals surface area contributed by atoms with Crippen LogP contribution in [0.4, 0.5) is 4.79 Å². The van der Waals surface area contributed by atoms with Crippen LogP contribution in [0.2, 0.25) is 0 Å². The quantitative estimate of drug-likeness (QED) is 0.357. The minimum absolute atomic E-state index is 0.287. The van der Waals surface area contributed by atoms with Crippen LogP contribution in [0.5, 0.6) is 0 Å². The van der Waals surface area contributed by atoms with Crippen molar-refractivity contribution in [3.05, 3.63) is 0 Å². The van der Waals surface area contributed by atoms with Gasteiger partial charge >= 0.3 is 6.16 Å². The summed E-state index contributed by atoms with van der Waals surface area (Å²) in [6.07, 6.45) is 6.30. The van der Waals surface area contributed by atoms with Crippen LogP contribution in [-0.2, 0) is 14.3 Å². The van der Waals surface area contributed by atoms with Gasteiger partial charge in [0.25, 0.3) is 0 Å². The van der Waals surface area contributed by atoms with E-state index in [0.29, 0.717) is 13.1 Å². The molecule has 22 heavy (non-hydrogen) atoms. The summed E-state index contributed by atoms with van der Waals surface area (Å²) in [5, 5.41) is 2.76. The summed E-state index contributed by atoms with van der Waals surface area (Å²) in [6.45, 7) is 7.71. The molecule has 130 valence electrons. The third kappa shape index (κ3) is 9.64. The number of piperidine rings is 1. The minimum Gasteiger partial charge on any atom is -0.427 e. The van der Waals surface area contributed by atoms with E-state index in [1.807, 2.05) is 20.8 Å². The summed E-state index contributed by atoms with van der Waals surface area (Å²) < 4.78 is 11.0. The Kier molecular flexibility index (Phi) is 9.36. The van der Waals surface area contributed by atoms with Gasteiger partial charge in [0.05, 0.1) is 6.10 Å². The van der Waals surface area contributed by atoms with Gasteiger partial charge in [-0.15, -0.1) is 5.06 Å². The normalized spacial score (nSPS) is 17.5. The lowest BCUT2D eigenvalue weighted by atomic mass is 10.1. The molecule has 0 aliphatic carbocycles. The molecule has 1 aliphatic rings. The van der Waals surface area contributed by atoms with E-state index >= 15 is 0 Å². The summed E-state index contributed by atoms with van der Waals surface area (Å²) in [5.41, 5.74) is -0.520. The third-order valence-electron chi connectivity index (χ3n) is 3.38. The Morgan fingerprint density at radius 2 is 1.77 bits per heavy atom. The Balaban J connectivity index is 2.07. The van der Waals surface area contributed by atoms with Crippen molar-refractivity contribution < 1.29 is 19.1 Å². The van der Waals surface area contributed by atoms with Crippen LogP contribution in [-0.4, -0.2) is 48.0 Å². The molecule has 5 nitrogen and oxygen atoms in total. The van der Waals surface area contributed by atoms with Crippen LogP contribution in [0.3, 0.4) is 0 Å². The maximum atomic E-state index is 11.6. The van der Waals surface area contributed by atoms with Crippen LogP contribution in [0.25, 0.3) is 0 Å².